The van der Waals surface area contributed by atoms with Crippen LogP contribution in [0.1, 0.15) is 49.3 Å². The van der Waals surface area contributed by atoms with Gasteiger partial charge in [0.1, 0.15) is 0 Å². The SMILES string of the molecule is Cc1cc(C2CCCCC(F)(F)C2)nc2ccccc12. The van der Waals surface area contributed by atoms with Gasteiger partial charge in [0, 0.05) is 29.8 Å². The van der Waals surface area contributed by atoms with Crippen LogP contribution in [0.15, 0.2) is 30.3 Å². The Bertz CT molecular complexity index is 621. The zero-order valence-electron chi connectivity index (χ0n) is 11.7. The molecule has 3 heteroatoms. The third-order valence-corrected chi connectivity index (χ3v) is 4.25. The van der Waals surface area contributed by atoms with Crippen LogP contribution < -0.4 is 0 Å². The van der Waals surface area contributed by atoms with Crippen LogP contribution in [0.25, 0.3) is 10.9 Å². The Morgan fingerprint density at radius 2 is 2.00 bits per heavy atom. The molecule has 1 aromatic heterocycles. The first-order chi connectivity index (χ1) is 9.55. The number of aryl methyl sites for hydroxylation is 1. The molecule has 1 heterocycles. The van der Waals surface area contributed by atoms with Gasteiger partial charge in [0.2, 0.25) is 5.92 Å². The highest BCUT2D eigenvalue weighted by Gasteiger charge is 2.35. The number of fused-ring (bicyclic) bond motifs is 1. The van der Waals surface area contributed by atoms with Crippen molar-refractivity contribution in [1.29, 1.82) is 0 Å². The second kappa shape index (κ2) is 5.12. The lowest BCUT2D eigenvalue weighted by Crippen LogP contribution is -2.18. The number of hydrogen-bond donors (Lipinski definition) is 0. The normalized spacial score (nSPS) is 22.6. The highest BCUT2D eigenvalue weighted by molar-refractivity contribution is 5.82. The number of hydrogen-bond acceptors (Lipinski definition) is 1. The molecule has 0 N–H and O–H groups in total. The smallest absolute Gasteiger partial charge is 0.248 e. The second-order valence-corrected chi connectivity index (χ2v) is 5.88. The summed E-state index contributed by atoms with van der Waals surface area (Å²) in [6.45, 7) is 2.03. The molecule has 106 valence electrons. The Morgan fingerprint density at radius 3 is 2.85 bits per heavy atom. The van der Waals surface area contributed by atoms with Crippen molar-refractivity contribution in [3.63, 3.8) is 0 Å². The number of aromatic nitrogens is 1. The Balaban J connectivity index is 2.00. The van der Waals surface area contributed by atoms with Gasteiger partial charge in [0.05, 0.1) is 5.52 Å². The summed E-state index contributed by atoms with van der Waals surface area (Å²) in [4.78, 5) is 4.63. The number of nitrogens with zero attached hydrogens (tertiary/aromatic N) is 1. The molecule has 1 aromatic carbocycles. The maximum atomic E-state index is 13.8. The van der Waals surface area contributed by atoms with Crippen LogP contribution in [0.3, 0.4) is 0 Å². The Hall–Kier alpha value is -1.51. The highest BCUT2D eigenvalue weighted by atomic mass is 19.3. The molecule has 1 nitrogen and oxygen atoms in total. The van der Waals surface area contributed by atoms with Gasteiger partial charge in [-0.2, -0.15) is 0 Å². The van der Waals surface area contributed by atoms with E-state index < -0.39 is 5.92 Å². The van der Waals surface area contributed by atoms with Crippen LogP contribution in [-0.2, 0) is 0 Å². The minimum Gasteiger partial charge on any atom is -0.253 e. The van der Waals surface area contributed by atoms with Gasteiger partial charge in [-0.25, -0.2) is 8.78 Å². The molecule has 0 aliphatic heterocycles. The van der Waals surface area contributed by atoms with Crippen molar-refractivity contribution < 1.29 is 8.78 Å². The molecule has 1 aliphatic rings. The number of rotatable bonds is 1. The lowest BCUT2D eigenvalue weighted by atomic mass is 9.93. The van der Waals surface area contributed by atoms with E-state index >= 15 is 0 Å². The molecule has 1 fully saturated rings. The number of pyridine rings is 1. The van der Waals surface area contributed by atoms with Crippen molar-refractivity contribution in [3.05, 3.63) is 41.6 Å². The van der Waals surface area contributed by atoms with E-state index in [9.17, 15) is 8.78 Å². The molecular formula is C17H19F2N. The van der Waals surface area contributed by atoms with Crippen molar-refractivity contribution in [2.45, 2.75) is 50.9 Å². The Morgan fingerprint density at radius 1 is 1.20 bits per heavy atom. The standard InChI is InChI=1S/C17H19F2N/c1-12-10-16(20-15-8-3-2-7-14(12)15)13-6-4-5-9-17(18,19)11-13/h2-3,7-8,10,13H,4-6,9,11H2,1H3. The summed E-state index contributed by atoms with van der Waals surface area (Å²) in [5.41, 5.74) is 2.87. The topological polar surface area (TPSA) is 12.9 Å². The number of benzene rings is 1. The molecule has 20 heavy (non-hydrogen) atoms. The summed E-state index contributed by atoms with van der Waals surface area (Å²) in [5.74, 6) is -2.65. The van der Waals surface area contributed by atoms with Gasteiger partial charge >= 0.3 is 0 Å². The first kappa shape index (κ1) is 13.5. The van der Waals surface area contributed by atoms with Crippen LogP contribution in [0.2, 0.25) is 0 Å². The summed E-state index contributed by atoms with van der Waals surface area (Å²) >= 11 is 0. The van der Waals surface area contributed by atoms with Crippen LogP contribution in [0.5, 0.6) is 0 Å². The molecule has 1 atom stereocenters. The van der Waals surface area contributed by atoms with E-state index in [1.54, 1.807) is 0 Å². The van der Waals surface area contributed by atoms with E-state index in [0.29, 0.717) is 6.42 Å². The second-order valence-electron chi connectivity index (χ2n) is 5.88. The van der Waals surface area contributed by atoms with Gasteiger partial charge in [0.15, 0.2) is 0 Å². The van der Waals surface area contributed by atoms with Gasteiger partial charge in [-0.1, -0.05) is 24.6 Å². The van der Waals surface area contributed by atoms with Crippen molar-refractivity contribution >= 4 is 10.9 Å². The van der Waals surface area contributed by atoms with Crippen molar-refractivity contribution in [1.82, 2.24) is 4.98 Å². The molecule has 1 saturated carbocycles. The lowest BCUT2D eigenvalue weighted by molar-refractivity contribution is -0.0182. The molecule has 0 bridgehead atoms. The van der Waals surface area contributed by atoms with Gasteiger partial charge < -0.3 is 0 Å². The van der Waals surface area contributed by atoms with E-state index in [0.717, 1.165) is 35.0 Å². The predicted molar refractivity (Wildman–Crippen MR) is 77.3 cm³/mol. The van der Waals surface area contributed by atoms with E-state index in [1.165, 1.54) is 0 Å². The zero-order chi connectivity index (χ0) is 14.2. The van der Waals surface area contributed by atoms with Crippen LogP contribution in [0.4, 0.5) is 8.78 Å². The van der Waals surface area contributed by atoms with Crippen molar-refractivity contribution in [3.8, 4) is 0 Å². The number of halogens is 2. The summed E-state index contributed by atoms with van der Waals surface area (Å²) in [6, 6.07) is 9.91. The molecule has 1 unspecified atom stereocenters. The molecule has 0 saturated heterocycles. The Labute approximate surface area is 118 Å². The number of para-hydroxylation sites is 1. The molecule has 0 radical (unpaired) electrons. The van der Waals surface area contributed by atoms with E-state index in [1.807, 2.05) is 37.3 Å². The van der Waals surface area contributed by atoms with E-state index in [2.05, 4.69) is 4.98 Å². The maximum Gasteiger partial charge on any atom is 0.248 e. The van der Waals surface area contributed by atoms with Crippen molar-refractivity contribution in [2.75, 3.05) is 0 Å². The third kappa shape index (κ3) is 2.67. The van der Waals surface area contributed by atoms with Gasteiger partial charge in [-0.3, -0.25) is 4.98 Å². The molecule has 0 amide bonds. The lowest BCUT2D eigenvalue weighted by Gasteiger charge is -2.20. The average molecular weight is 275 g/mol. The minimum absolute atomic E-state index is 0.0239. The summed E-state index contributed by atoms with van der Waals surface area (Å²) in [6.07, 6.45) is 2.28. The fourth-order valence-electron chi connectivity index (χ4n) is 3.18. The Kier molecular flexibility index (Phi) is 3.45. The quantitative estimate of drug-likeness (QED) is 0.650. The monoisotopic (exact) mass is 275 g/mol. The van der Waals surface area contributed by atoms with E-state index in [-0.39, 0.29) is 18.8 Å². The van der Waals surface area contributed by atoms with Crippen LogP contribution in [-0.4, -0.2) is 10.9 Å². The van der Waals surface area contributed by atoms with Crippen LogP contribution in [0, 0.1) is 6.92 Å². The van der Waals surface area contributed by atoms with E-state index in [4.69, 9.17) is 0 Å². The minimum atomic E-state index is -2.54. The van der Waals surface area contributed by atoms with Crippen molar-refractivity contribution in [2.24, 2.45) is 0 Å². The first-order valence-electron chi connectivity index (χ1n) is 7.29. The van der Waals surface area contributed by atoms with Gasteiger partial charge in [0.25, 0.3) is 0 Å². The molecule has 0 spiro atoms. The molecule has 3 rings (SSSR count). The molecule has 1 aliphatic carbocycles. The average Bonchev–Trinajstić information content (AvgIpc) is 2.59. The summed E-state index contributed by atoms with van der Waals surface area (Å²) in [7, 11) is 0. The fourth-order valence-corrected chi connectivity index (χ4v) is 3.18. The predicted octanol–water partition coefficient (Wildman–Crippen LogP) is 5.23. The molecule has 2 aromatic rings. The largest absolute Gasteiger partial charge is 0.253 e. The zero-order valence-corrected chi connectivity index (χ0v) is 11.7. The number of alkyl halides is 2. The fraction of sp³-hybridized carbons (Fsp3) is 0.471. The maximum absolute atomic E-state index is 13.8. The van der Waals surface area contributed by atoms with Gasteiger partial charge in [-0.15, -0.1) is 0 Å². The summed E-state index contributed by atoms with van der Waals surface area (Å²) < 4.78 is 27.6. The van der Waals surface area contributed by atoms with Crippen LogP contribution >= 0.6 is 0 Å². The first-order valence-corrected chi connectivity index (χ1v) is 7.29. The highest BCUT2D eigenvalue weighted by Crippen LogP contribution is 2.40. The molecular weight excluding hydrogens is 256 g/mol. The summed E-state index contributed by atoms with van der Waals surface area (Å²) in [5, 5.41) is 1.11. The van der Waals surface area contributed by atoms with Gasteiger partial charge in [-0.05, 0) is 37.5 Å². The third-order valence-electron chi connectivity index (χ3n) is 4.25.